The van der Waals surface area contributed by atoms with E-state index in [1.807, 2.05) is 6.92 Å². The molecule has 0 spiro atoms. The third-order valence-corrected chi connectivity index (χ3v) is 3.76. The highest BCUT2D eigenvalue weighted by Gasteiger charge is 2.37. The largest absolute Gasteiger partial charge is 0.380 e. The van der Waals surface area contributed by atoms with Crippen molar-refractivity contribution in [2.45, 2.75) is 25.0 Å². The van der Waals surface area contributed by atoms with Crippen LogP contribution in [0.1, 0.15) is 19.8 Å². The topological polar surface area (TPSA) is 75.7 Å². The molecule has 1 unspecified atom stereocenters. The summed E-state index contributed by atoms with van der Waals surface area (Å²) in [5, 5.41) is 2.39. The fraction of sp³-hybridized carbons (Fsp3) is 0.750. The van der Waals surface area contributed by atoms with Gasteiger partial charge in [0.25, 0.3) is 0 Å². The van der Waals surface area contributed by atoms with Gasteiger partial charge in [0.2, 0.25) is 17.7 Å². The number of hydrogen-bond donors (Lipinski definition) is 1. The molecule has 1 atom stereocenters. The standard InChI is InChI=1S/C12H20N2O4S/c1-3-18-7-5-13-10(15)4-6-14-11(16)8-9(19-2)12(14)17/h9H,3-8H2,1-2H3,(H,13,15). The summed E-state index contributed by atoms with van der Waals surface area (Å²) in [5.41, 5.74) is 0. The van der Waals surface area contributed by atoms with E-state index in [2.05, 4.69) is 5.32 Å². The van der Waals surface area contributed by atoms with Gasteiger partial charge in [-0.25, -0.2) is 0 Å². The van der Waals surface area contributed by atoms with Crippen LogP contribution in [0.4, 0.5) is 0 Å². The first-order valence-corrected chi connectivity index (χ1v) is 7.60. The number of hydrogen-bond acceptors (Lipinski definition) is 5. The highest BCUT2D eigenvalue weighted by Crippen LogP contribution is 2.22. The van der Waals surface area contributed by atoms with Crippen molar-refractivity contribution < 1.29 is 19.1 Å². The summed E-state index contributed by atoms with van der Waals surface area (Å²) in [6, 6.07) is 0. The molecule has 1 N–H and O–H groups in total. The van der Waals surface area contributed by atoms with Crippen LogP contribution in [0.2, 0.25) is 0 Å². The van der Waals surface area contributed by atoms with Gasteiger partial charge in [0.1, 0.15) is 0 Å². The van der Waals surface area contributed by atoms with Crippen molar-refractivity contribution in [3.8, 4) is 0 Å². The van der Waals surface area contributed by atoms with E-state index in [9.17, 15) is 14.4 Å². The Morgan fingerprint density at radius 3 is 2.84 bits per heavy atom. The predicted molar refractivity (Wildman–Crippen MR) is 72.8 cm³/mol. The lowest BCUT2D eigenvalue weighted by molar-refractivity contribution is -0.138. The van der Waals surface area contributed by atoms with Crippen LogP contribution in [0, 0.1) is 0 Å². The van der Waals surface area contributed by atoms with Crippen LogP contribution in [0.5, 0.6) is 0 Å². The number of carbonyl (C=O) groups excluding carboxylic acids is 3. The van der Waals surface area contributed by atoms with E-state index in [1.165, 1.54) is 16.7 Å². The molecule has 0 radical (unpaired) electrons. The lowest BCUT2D eigenvalue weighted by Gasteiger charge is -2.14. The number of thioether (sulfide) groups is 1. The van der Waals surface area contributed by atoms with Crippen LogP contribution in [-0.4, -0.2) is 60.4 Å². The molecule has 1 fully saturated rings. The maximum absolute atomic E-state index is 11.8. The van der Waals surface area contributed by atoms with Crippen LogP contribution >= 0.6 is 11.8 Å². The first-order chi connectivity index (χ1) is 9.10. The highest BCUT2D eigenvalue weighted by atomic mass is 32.2. The first kappa shape index (κ1) is 16.0. The molecular weight excluding hydrogens is 268 g/mol. The SMILES string of the molecule is CCOCCNC(=O)CCN1C(=O)CC(SC)C1=O. The van der Waals surface area contributed by atoms with Gasteiger partial charge in [0.05, 0.1) is 11.9 Å². The van der Waals surface area contributed by atoms with Gasteiger partial charge in [-0.3, -0.25) is 19.3 Å². The zero-order valence-corrected chi connectivity index (χ0v) is 12.1. The number of nitrogens with one attached hydrogen (secondary N) is 1. The third kappa shape index (κ3) is 4.83. The Morgan fingerprint density at radius 1 is 1.53 bits per heavy atom. The number of rotatable bonds is 8. The fourth-order valence-electron chi connectivity index (χ4n) is 1.78. The molecular formula is C12H20N2O4S. The minimum absolute atomic E-state index is 0.144. The minimum Gasteiger partial charge on any atom is -0.380 e. The third-order valence-electron chi connectivity index (χ3n) is 2.82. The highest BCUT2D eigenvalue weighted by molar-refractivity contribution is 8.00. The molecule has 0 aromatic rings. The van der Waals surface area contributed by atoms with Crippen LogP contribution in [0.15, 0.2) is 0 Å². The Balaban J connectivity index is 2.26. The normalized spacial score (nSPS) is 19.1. The van der Waals surface area contributed by atoms with Crippen LogP contribution in [0.3, 0.4) is 0 Å². The fourth-order valence-corrected chi connectivity index (χ4v) is 2.42. The van der Waals surface area contributed by atoms with Gasteiger partial charge in [-0.1, -0.05) is 0 Å². The Morgan fingerprint density at radius 2 is 2.26 bits per heavy atom. The summed E-state index contributed by atoms with van der Waals surface area (Å²) >= 11 is 1.37. The molecule has 6 nitrogen and oxygen atoms in total. The lowest BCUT2D eigenvalue weighted by Crippen LogP contribution is -2.36. The Labute approximate surface area is 117 Å². The van der Waals surface area contributed by atoms with Crippen molar-refractivity contribution in [2.24, 2.45) is 0 Å². The van der Waals surface area contributed by atoms with Gasteiger partial charge in [0.15, 0.2) is 0 Å². The molecule has 0 aliphatic carbocycles. The molecule has 1 heterocycles. The zero-order valence-electron chi connectivity index (χ0n) is 11.3. The Bertz CT molecular complexity index is 349. The second-order valence-corrected chi connectivity index (χ2v) is 5.15. The first-order valence-electron chi connectivity index (χ1n) is 6.31. The predicted octanol–water partition coefficient (Wildman–Crippen LogP) is 0.0197. The monoisotopic (exact) mass is 288 g/mol. The Hall–Kier alpha value is -1.08. The summed E-state index contributed by atoms with van der Waals surface area (Å²) < 4.78 is 5.09. The molecule has 1 aliphatic rings. The van der Waals surface area contributed by atoms with Gasteiger partial charge >= 0.3 is 0 Å². The summed E-state index contributed by atoms with van der Waals surface area (Å²) in [6.07, 6.45) is 2.19. The van der Waals surface area contributed by atoms with Crippen LogP contribution < -0.4 is 5.32 Å². The van der Waals surface area contributed by atoms with E-state index in [0.717, 1.165) is 0 Å². The van der Waals surface area contributed by atoms with E-state index >= 15 is 0 Å². The van der Waals surface area contributed by atoms with Crippen molar-refractivity contribution in [3.05, 3.63) is 0 Å². The molecule has 0 saturated carbocycles. The quantitative estimate of drug-likeness (QED) is 0.503. The number of imide groups is 1. The maximum Gasteiger partial charge on any atom is 0.242 e. The van der Waals surface area contributed by atoms with Crippen LogP contribution in [-0.2, 0) is 19.1 Å². The number of ether oxygens (including phenoxy) is 1. The van der Waals surface area contributed by atoms with Gasteiger partial charge in [-0.15, -0.1) is 0 Å². The van der Waals surface area contributed by atoms with Crippen molar-refractivity contribution in [1.82, 2.24) is 10.2 Å². The minimum atomic E-state index is -0.284. The zero-order chi connectivity index (χ0) is 14.3. The second-order valence-electron chi connectivity index (χ2n) is 4.11. The van der Waals surface area contributed by atoms with E-state index in [-0.39, 0.29) is 42.4 Å². The molecule has 0 aromatic heterocycles. The van der Waals surface area contributed by atoms with E-state index in [4.69, 9.17) is 4.74 Å². The molecule has 0 aromatic carbocycles. The number of likely N-dealkylation sites (tertiary alicyclic amines) is 1. The molecule has 1 aliphatic heterocycles. The molecule has 1 rings (SSSR count). The summed E-state index contributed by atoms with van der Waals surface area (Å²) in [5.74, 6) is -0.543. The van der Waals surface area contributed by atoms with Gasteiger partial charge in [-0.05, 0) is 13.2 Å². The Kier molecular flexibility index (Phi) is 6.86. The molecule has 19 heavy (non-hydrogen) atoms. The number of nitrogens with zero attached hydrogens (tertiary/aromatic N) is 1. The molecule has 7 heteroatoms. The average molecular weight is 288 g/mol. The maximum atomic E-state index is 11.8. The summed E-state index contributed by atoms with van der Waals surface area (Å²) in [4.78, 5) is 36.1. The van der Waals surface area contributed by atoms with Gasteiger partial charge in [-0.2, -0.15) is 11.8 Å². The number of amides is 3. The lowest BCUT2D eigenvalue weighted by atomic mass is 10.3. The van der Waals surface area contributed by atoms with Crippen molar-refractivity contribution in [2.75, 3.05) is 32.6 Å². The van der Waals surface area contributed by atoms with Crippen molar-refractivity contribution >= 4 is 29.5 Å². The van der Waals surface area contributed by atoms with Gasteiger partial charge in [0, 0.05) is 32.5 Å². The number of carbonyl (C=O) groups is 3. The second kappa shape index (κ2) is 8.16. The van der Waals surface area contributed by atoms with E-state index < -0.39 is 0 Å². The summed E-state index contributed by atoms with van der Waals surface area (Å²) in [7, 11) is 0. The smallest absolute Gasteiger partial charge is 0.242 e. The molecule has 0 bridgehead atoms. The molecule has 108 valence electrons. The van der Waals surface area contributed by atoms with E-state index in [1.54, 1.807) is 6.26 Å². The average Bonchev–Trinajstić information content (AvgIpc) is 2.67. The summed E-state index contributed by atoms with van der Waals surface area (Å²) in [6.45, 7) is 3.58. The van der Waals surface area contributed by atoms with Crippen molar-refractivity contribution in [3.63, 3.8) is 0 Å². The molecule has 1 saturated heterocycles. The van der Waals surface area contributed by atoms with Crippen LogP contribution in [0.25, 0.3) is 0 Å². The van der Waals surface area contributed by atoms with Gasteiger partial charge < -0.3 is 10.1 Å². The van der Waals surface area contributed by atoms with Crippen molar-refractivity contribution in [1.29, 1.82) is 0 Å². The molecule has 3 amide bonds. The van der Waals surface area contributed by atoms with E-state index in [0.29, 0.717) is 19.8 Å².